The molecular formula is C27H29F2N7O6S. The Morgan fingerprint density at radius 1 is 1.02 bits per heavy atom. The number of halogens is 2. The second-order valence-corrected chi connectivity index (χ2v) is 11.4. The van der Waals surface area contributed by atoms with Crippen molar-refractivity contribution >= 4 is 22.9 Å². The number of hydrogen-bond donors (Lipinski definition) is 5. The van der Waals surface area contributed by atoms with Crippen LogP contribution in [-0.4, -0.2) is 86.9 Å². The Kier molecular flexibility index (Phi) is 8.30. The van der Waals surface area contributed by atoms with Crippen LogP contribution in [0.1, 0.15) is 54.9 Å². The van der Waals surface area contributed by atoms with Crippen LogP contribution in [0.2, 0.25) is 0 Å². The molecule has 1 saturated carbocycles. The molecular weight excluding hydrogens is 588 g/mol. The fraction of sp³-hybridized carbons (Fsp3) is 0.444. The summed E-state index contributed by atoms with van der Waals surface area (Å²) in [7, 11) is 0. The number of aliphatic hydroxyl groups excluding tert-OH is 4. The zero-order valence-electron chi connectivity index (χ0n) is 22.6. The van der Waals surface area contributed by atoms with Crippen LogP contribution >= 0.6 is 11.3 Å². The van der Waals surface area contributed by atoms with Gasteiger partial charge in [0.25, 0.3) is 5.91 Å². The van der Waals surface area contributed by atoms with Gasteiger partial charge in [-0.05, 0) is 25.0 Å². The van der Waals surface area contributed by atoms with Crippen molar-refractivity contribution in [2.45, 2.75) is 68.8 Å². The summed E-state index contributed by atoms with van der Waals surface area (Å²) in [4.78, 5) is 21.3. The van der Waals surface area contributed by atoms with Crippen molar-refractivity contribution in [3.8, 4) is 22.0 Å². The third-order valence-electron chi connectivity index (χ3n) is 7.68. The summed E-state index contributed by atoms with van der Waals surface area (Å²) in [5, 5.41) is 53.3. The zero-order chi connectivity index (χ0) is 30.2. The molecule has 1 amide bonds. The minimum atomic E-state index is -1.57. The normalized spacial score (nSPS) is 24.7. The SMILES string of the molecule is O=C(Nc1cn(C2CCCCC2)nc1-c1nc(F)ccc1F)c1csc(-c2cnn(C3OC(CO)C(O)C(O)C3O)c2)n1. The molecule has 1 aliphatic heterocycles. The largest absolute Gasteiger partial charge is 0.394 e. The molecule has 13 nitrogen and oxygen atoms in total. The third-order valence-corrected chi connectivity index (χ3v) is 8.57. The number of rotatable bonds is 7. The van der Waals surface area contributed by atoms with E-state index in [1.54, 1.807) is 10.9 Å². The summed E-state index contributed by atoms with van der Waals surface area (Å²) in [5.41, 5.74) is 0.372. The molecule has 0 bridgehead atoms. The molecule has 6 rings (SSSR count). The lowest BCUT2D eigenvalue weighted by atomic mass is 9.96. The highest BCUT2D eigenvalue weighted by Crippen LogP contribution is 2.34. The second kappa shape index (κ2) is 12.1. The van der Waals surface area contributed by atoms with Crippen molar-refractivity contribution in [2.75, 3.05) is 11.9 Å². The third kappa shape index (κ3) is 5.81. The fourth-order valence-electron chi connectivity index (χ4n) is 5.36. The number of anilines is 1. The lowest BCUT2D eigenvalue weighted by Crippen LogP contribution is -2.56. The molecule has 228 valence electrons. The lowest BCUT2D eigenvalue weighted by molar-refractivity contribution is -0.253. The van der Waals surface area contributed by atoms with Crippen molar-refractivity contribution in [1.29, 1.82) is 0 Å². The Labute approximate surface area is 247 Å². The van der Waals surface area contributed by atoms with E-state index in [-0.39, 0.29) is 28.8 Å². The summed E-state index contributed by atoms with van der Waals surface area (Å²) >= 11 is 1.14. The number of ether oxygens (including phenoxy) is 1. The fourth-order valence-corrected chi connectivity index (χ4v) is 6.14. The summed E-state index contributed by atoms with van der Waals surface area (Å²) in [5.74, 6) is -2.27. The van der Waals surface area contributed by atoms with E-state index in [9.17, 15) is 34.0 Å². The van der Waals surface area contributed by atoms with E-state index in [4.69, 9.17) is 4.74 Å². The van der Waals surface area contributed by atoms with Gasteiger partial charge in [-0.3, -0.25) is 9.48 Å². The van der Waals surface area contributed by atoms with Crippen LogP contribution in [0.3, 0.4) is 0 Å². The van der Waals surface area contributed by atoms with Gasteiger partial charge in [0.2, 0.25) is 5.95 Å². The van der Waals surface area contributed by atoms with E-state index in [1.165, 1.54) is 22.5 Å². The van der Waals surface area contributed by atoms with Crippen LogP contribution in [0.4, 0.5) is 14.5 Å². The maximum Gasteiger partial charge on any atom is 0.275 e. The number of thiazole rings is 1. The number of aliphatic hydroxyl groups is 4. The van der Waals surface area contributed by atoms with E-state index in [1.807, 2.05) is 0 Å². The van der Waals surface area contributed by atoms with Gasteiger partial charge in [-0.2, -0.15) is 14.6 Å². The van der Waals surface area contributed by atoms with Gasteiger partial charge in [0, 0.05) is 23.3 Å². The van der Waals surface area contributed by atoms with E-state index < -0.39 is 54.9 Å². The van der Waals surface area contributed by atoms with Crippen LogP contribution in [0.5, 0.6) is 0 Å². The minimum absolute atomic E-state index is 0.00665. The summed E-state index contributed by atoms with van der Waals surface area (Å²) in [6.07, 6.45) is 2.52. The molecule has 5 atom stereocenters. The van der Waals surface area contributed by atoms with Crippen molar-refractivity contribution in [1.82, 2.24) is 29.5 Å². The summed E-state index contributed by atoms with van der Waals surface area (Å²) < 4.78 is 37.1. The molecule has 4 aromatic rings. The number of aromatic nitrogens is 6. The molecule has 4 aromatic heterocycles. The topological polar surface area (TPSA) is 181 Å². The number of nitrogens with one attached hydrogen (secondary N) is 1. The zero-order valence-corrected chi connectivity index (χ0v) is 23.4. The molecule has 5 N–H and O–H groups in total. The molecule has 1 saturated heterocycles. The first-order valence-corrected chi connectivity index (χ1v) is 14.6. The molecule has 43 heavy (non-hydrogen) atoms. The van der Waals surface area contributed by atoms with Gasteiger partial charge in [0.15, 0.2) is 12.0 Å². The van der Waals surface area contributed by atoms with Crippen LogP contribution in [0.15, 0.2) is 36.1 Å². The molecule has 2 fully saturated rings. The van der Waals surface area contributed by atoms with E-state index in [2.05, 4.69) is 25.5 Å². The predicted molar refractivity (Wildman–Crippen MR) is 148 cm³/mol. The maximum absolute atomic E-state index is 14.7. The second-order valence-electron chi connectivity index (χ2n) is 10.5. The first-order valence-electron chi connectivity index (χ1n) is 13.8. The number of pyridine rings is 1. The molecule has 1 aliphatic carbocycles. The lowest BCUT2D eigenvalue weighted by Gasteiger charge is -2.39. The average Bonchev–Trinajstić information content (AvgIpc) is 3.78. The molecule has 5 unspecified atom stereocenters. The van der Waals surface area contributed by atoms with Crippen LogP contribution in [-0.2, 0) is 4.74 Å². The van der Waals surface area contributed by atoms with Crippen molar-refractivity contribution < 1.29 is 38.7 Å². The Hall–Kier alpha value is -3.67. The standard InChI is InChI=1S/C27H29F2N7O6S/c28-15-6-7-19(29)33-20(15)21-16(10-35(34-21)14-4-2-1-3-5-14)31-25(41)17-12-43-26(32-17)13-8-30-36(9-13)27-24(40)23(39)22(38)18(11-37)42-27/h6-10,12,14,18,22-24,27,37-40H,1-5,11H2,(H,31,41). The Balaban J connectivity index is 1.23. The van der Waals surface area contributed by atoms with E-state index in [0.29, 0.717) is 10.6 Å². The number of hydrogen-bond acceptors (Lipinski definition) is 11. The molecule has 16 heteroatoms. The van der Waals surface area contributed by atoms with E-state index in [0.717, 1.165) is 55.6 Å². The molecule has 5 heterocycles. The minimum Gasteiger partial charge on any atom is -0.394 e. The van der Waals surface area contributed by atoms with Crippen LogP contribution in [0.25, 0.3) is 22.0 Å². The van der Waals surface area contributed by atoms with Crippen molar-refractivity contribution in [3.63, 3.8) is 0 Å². The smallest absolute Gasteiger partial charge is 0.275 e. The first-order chi connectivity index (χ1) is 20.7. The van der Waals surface area contributed by atoms with Crippen molar-refractivity contribution in [3.05, 3.63) is 53.6 Å². The molecule has 0 aromatic carbocycles. The monoisotopic (exact) mass is 617 g/mol. The Morgan fingerprint density at radius 3 is 2.58 bits per heavy atom. The highest BCUT2D eigenvalue weighted by Gasteiger charge is 2.44. The quantitative estimate of drug-likeness (QED) is 0.193. The Bertz CT molecular complexity index is 1600. The maximum atomic E-state index is 14.7. The van der Waals surface area contributed by atoms with Gasteiger partial charge in [0.1, 0.15) is 46.5 Å². The first kappa shape index (κ1) is 29.4. The number of carbonyl (C=O) groups excluding carboxylic acids is 1. The summed E-state index contributed by atoms with van der Waals surface area (Å²) in [6.45, 7) is -0.580. The van der Waals surface area contributed by atoms with Gasteiger partial charge < -0.3 is 30.5 Å². The molecule has 0 radical (unpaired) electrons. The Morgan fingerprint density at radius 2 is 1.81 bits per heavy atom. The van der Waals surface area contributed by atoms with Gasteiger partial charge in [-0.15, -0.1) is 11.3 Å². The molecule has 0 spiro atoms. The molecule has 2 aliphatic rings. The number of amides is 1. The van der Waals surface area contributed by atoms with Gasteiger partial charge in [-0.25, -0.2) is 19.0 Å². The van der Waals surface area contributed by atoms with Crippen molar-refractivity contribution in [2.24, 2.45) is 0 Å². The van der Waals surface area contributed by atoms with Crippen LogP contribution < -0.4 is 5.32 Å². The van der Waals surface area contributed by atoms with Gasteiger partial charge in [-0.1, -0.05) is 19.3 Å². The van der Waals surface area contributed by atoms with Gasteiger partial charge >= 0.3 is 0 Å². The van der Waals surface area contributed by atoms with Gasteiger partial charge in [0.05, 0.1) is 24.5 Å². The van der Waals surface area contributed by atoms with E-state index >= 15 is 0 Å². The van der Waals surface area contributed by atoms with Crippen LogP contribution in [0, 0.1) is 11.8 Å². The highest BCUT2D eigenvalue weighted by molar-refractivity contribution is 7.13. The summed E-state index contributed by atoms with van der Waals surface area (Å²) in [6, 6.07) is 1.92. The number of carbonyl (C=O) groups is 1. The average molecular weight is 618 g/mol. The number of nitrogens with zero attached hydrogens (tertiary/aromatic N) is 6. The predicted octanol–water partition coefficient (Wildman–Crippen LogP) is 2.27. The highest BCUT2D eigenvalue weighted by atomic mass is 32.1.